The van der Waals surface area contributed by atoms with Crippen LogP contribution in [0.15, 0.2) is 18.2 Å². The second-order valence-corrected chi connectivity index (χ2v) is 5.56. The molecule has 20 heavy (non-hydrogen) atoms. The van der Waals surface area contributed by atoms with E-state index in [4.69, 9.17) is 15.2 Å². The number of ether oxygens (including phenoxy) is 2. The lowest BCUT2D eigenvalue weighted by molar-refractivity contribution is -0.0117. The summed E-state index contributed by atoms with van der Waals surface area (Å²) in [5.41, 5.74) is 7.58. The molecule has 1 unspecified atom stereocenters. The first-order valence-corrected chi connectivity index (χ1v) is 7.15. The maximum Gasteiger partial charge on any atom is 0.144 e. The summed E-state index contributed by atoms with van der Waals surface area (Å²) in [5, 5.41) is 3.39. The molecule has 0 amide bonds. The van der Waals surface area contributed by atoms with Crippen LogP contribution < -0.4 is 15.8 Å². The molecule has 1 aromatic rings. The van der Waals surface area contributed by atoms with Gasteiger partial charge in [-0.25, -0.2) is 0 Å². The van der Waals surface area contributed by atoms with E-state index in [1.165, 1.54) is 0 Å². The van der Waals surface area contributed by atoms with Gasteiger partial charge in [0.25, 0.3) is 0 Å². The zero-order chi connectivity index (χ0) is 14.5. The quantitative estimate of drug-likeness (QED) is 0.805. The Hall–Kier alpha value is -1.46. The van der Waals surface area contributed by atoms with E-state index in [2.05, 4.69) is 17.3 Å². The average Bonchev–Trinajstić information content (AvgIpc) is 2.39. The fraction of sp³-hybridized carbons (Fsp3) is 0.600. The number of nitrogens with two attached hydrogens (primary N) is 1. The average molecular weight is 279 g/mol. The normalized spacial score (nSPS) is 20.1. The zero-order valence-corrected chi connectivity index (χ0v) is 12.6. The first-order valence-electron chi connectivity index (χ1n) is 7.15. The number of nitrogens with zero attached hydrogens (tertiary/aromatic N) is 1. The Labute approximate surface area is 121 Å². The maximum absolute atomic E-state index is 5.91. The molecule has 1 aromatic carbocycles. The summed E-state index contributed by atoms with van der Waals surface area (Å²) in [6.45, 7) is 7.53. The predicted molar refractivity (Wildman–Crippen MR) is 82.3 cm³/mol. The van der Waals surface area contributed by atoms with Crippen molar-refractivity contribution in [3.05, 3.63) is 18.2 Å². The van der Waals surface area contributed by atoms with Gasteiger partial charge in [0.1, 0.15) is 5.75 Å². The van der Waals surface area contributed by atoms with Crippen molar-refractivity contribution in [1.82, 2.24) is 4.90 Å². The van der Waals surface area contributed by atoms with Crippen LogP contribution in [0.2, 0.25) is 0 Å². The molecule has 5 heteroatoms. The van der Waals surface area contributed by atoms with E-state index >= 15 is 0 Å². The number of benzene rings is 1. The summed E-state index contributed by atoms with van der Waals surface area (Å²) in [4.78, 5) is 2.28. The van der Waals surface area contributed by atoms with Crippen LogP contribution in [-0.2, 0) is 4.74 Å². The van der Waals surface area contributed by atoms with Gasteiger partial charge >= 0.3 is 0 Å². The number of nitrogen functional groups attached to an aromatic ring is 1. The Bertz CT molecular complexity index is 437. The van der Waals surface area contributed by atoms with Crippen LogP contribution in [-0.4, -0.2) is 50.4 Å². The highest BCUT2D eigenvalue weighted by molar-refractivity contribution is 5.61. The third kappa shape index (κ3) is 4.28. The highest BCUT2D eigenvalue weighted by Crippen LogP contribution is 2.26. The number of hydrogen-bond donors (Lipinski definition) is 2. The molecule has 0 aliphatic carbocycles. The maximum atomic E-state index is 5.91. The minimum absolute atomic E-state index is 0.114. The Balaban J connectivity index is 1.92. The third-order valence-electron chi connectivity index (χ3n) is 3.25. The summed E-state index contributed by atoms with van der Waals surface area (Å²) in [5.74, 6) is 0.728. The number of likely N-dealkylation sites (N-methyl/N-ethyl adjacent to an activating group) is 1. The van der Waals surface area contributed by atoms with E-state index in [0.29, 0.717) is 5.69 Å². The van der Waals surface area contributed by atoms with Crippen molar-refractivity contribution in [2.45, 2.75) is 26.1 Å². The van der Waals surface area contributed by atoms with E-state index < -0.39 is 0 Å². The smallest absolute Gasteiger partial charge is 0.144 e. The van der Waals surface area contributed by atoms with Crippen molar-refractivity contribution >= 4 is 11.4 Å². The number of morpholine rings is 1. The standard InChI is InChI=1S/C15H25N3O2/c1-11(2)20-15-8-12(4-5-14(15)16)17-9-13-10-18(3)6-7-19-13/h4-5,8,11,13,17H,6-7,9-10,16H2,1-3H3. The van der Waals surface area contributed by atoms with Crippen LogP contribution in [0.1, 0.15) is 13.8 Å². The van der Waals surface area contributed by atoms with Gasteiger partial charge in [-0.1, -0.05) is 0 Å². The summed E-state index contributed by atoms with van der Waals surface area (Å²) in [6, 6.07) is 5.78. The molecule has 1 aliphatic rings. The van der Waals surface area contributed by atoms with Gasteiger partial charge in [0.2, 0.25) is 0 Å². The first kappa shape index (κ1) is 14.9. The lowest BCUT2D eigenvalue weighted by Gasteiger charge is -2.30. The van der Waals surface area contributed by atoms with Gasteiger partial charge in [0, 0.05) is 31.4 Å². The third-order valence-corrected chi connectivity index (χ3v) is 3.25. The number of anilines is 2. The van der Waals surface area contributed by atoms with E-state index in [1.807, 2.05) is 32.0 Å². The summed E-state index contributed by atoms with van der Waals surface area (Å²) in [6.07, 6.45) is 0.337. The molecule has 1 saturated heterocycles. The van der Waals surface area contributed by atoms with Gasteiger partial charge in [-0.15, -0.1) is 0 Å². The highest BCUT2D eigenvalue weighted by atomic mass is 16.5. The topological polar surface area (TPSA) is 59.8 Å². The molecule has 1 atom stereocenters. The van der Waals surface area contributed by atoms with Crippen molar-refractivity contribution in [1.29, 1.82) is 0 Å². The van der Waals surface area contributed by atoms with Gasteiger partial charge in [-0.05, 0) is 33.0 Å². The fourth-order valence-corrected chi connectivity index (χ4v) is 2.22. The van der Waals surface area contributed by atoms with Crippen molar-refractivity contribution in [3.63, 3.8) is 0 Å². The Morgan fingerprint density at radius 1 is 1.50 bits per heavy atom. The number of nitrogens with one attached hydrogen (secondary N) is 1. The van der Waals surface area contributed by atoms with Crippen LogP contribution in [0.5, 0.6) is 5.75 Å². The molecule has 2 rings (SSSR count). The van der Waals surface area contributed by atoms with Crippen LogP contribution in [0, 0.1) is 0 Å². The highest BCUT2D eigenvalue weighted by Gasteiger charge is 2.17. The van der Waals surface area contributed by atoms with Crippen molar-refractivity contribution in [3.8, 4) is 5.75 Å². The minimum Gasteiger partial charge on any atom is -0.489 e. The van der Waals surface area contributed by atoms with Gasteiger partial charge in [0.05, 0.1) is 24.5 Å². The Morgan fingerprint density at radius 3 is 3.00 bits per heavy atom. The SMILES string of the molecule is CC(C)Oc1cc(NCC2CN(C)CCO2)ccc1N. The Morgan fingerprint density at radius 2 is 2.30 bits per heavy atom. The molecule has 0 radical (unpaired) electrons. The van der Waals surface area contributed by atoms with Crippen LogP contribution in [0.25, 0.3) is 0 Å². The van der Waals surface area contributed by atoms with E-state index in [1.54, 1.807) is 0 Å². The zero-order valence-electron chi connectivity index (χ0n) is 12.6. The molecular formula is C15H25N3O2. The minimum atomic E-state index is 0.114. The molecule has 3 N–H and O–H groups in total. The lowest BCUT2D eigenvalue weighted by atomic mass is 10.2. The summed E-state index contributed by atoms with van der Waals surface area (Å²) >= 11 is 0. The monoisotopic (exact) mass is 279 g/mol. The lowest BCUT2D eigenvalue weighted by Crippen LogP contribution is -2.43. The molecule has 0 spiro atoms. The largest absolute Gasteiger partial charge is 0.489 e. The van der Waals surface area contributed by atoms with Crippen molar-refractivity contribution in [2.24, 2.45) is 0 Å². The summed E-state index contributed by atoms with van der Waals surface area (Å²) in [7, 11) is 2.12. The molecule has 1 aliphatic heterocycles. The summed E-state index contributed by atoms with van der Waals surface area (Å²) < 4.78 is 11.4. The molecule has 0 aromatic heterocycles. The molecule has 1 heterocycles. The molecule has 0 saturated carbocycles. The molecule has 1 fully saturated rings. The predicted octanol–water partition coefficient (Wildman–Crippen LogP) is 1.80. The second kappa shape index (κ2) is 6.81. The van der Waals surface area contributed by atoms with E-state index in [9.17, 15) is 0 Å². The Kier molecular flexibility index (Phi) is 5.09. The fourth-order valence-electron chi connectivity index (χ4n) is 2.22. The van der Waals surface area contributed by atoms with E-state index in [0.717, 1.165) is 37.7 Å². The van der Waals surface area contributed by atoms with Crippen molar-refractivity contribution < 1.29 is 9.47 Å². The number of rotatable bonds is 5. The molecule has 112 valence electrons. The van der Waals surface area contributed by atoms with Crippen LogP contribution in [0.3, 0.4) is 0 Å². The number of hydrogen-bond acceptors (Lipinski definition) is 5. The second-order valence-electron chi connectivity index (χ2n) is 5.56. The molecule has 0 bridgehead atoms. The van der Waals surface area contributed by atoms with Gasteiger partial charge in [-0.3, -0.25) is 0 Å². The van der Waals surface area contributed by atoms with Crippen LogP contribution in [0.4, 0.5) is 11.4 Å². The van der Waals surface area contributed by atoms with Gasteiger partial charge in [0.15, 0.2) is 0 Å². The first-order chi connectivity index (χ1) is 9.54. The van der Waals surface area contributed by atoms with Gasteiger partial charge in [-0.2, -0.15) is 0 Å². The van der Waals surface area contributed by atoms with E-state index in [-0.39, 0.29) is 12.2 Å². The molecule has 5 nitrogen and oxygen atoms in total. The van der Waals surface area contributed by atoms with Crippen LogP contribution >= 0.6 is 0 Å². The molecular weight excluding hydrogens is 254 g/mol. The van der Waals surface area contributed by atoms with Gasteiger partial charge < -0.3 is 25.4 Å². The van der Waals surface area contributed by atoms with Crippen molar-refractivity contribution in [2.75, 3.05) is 44.3 Å².